The van der Waals surface area contributed by atoms with Crippen LogP contribution in [-0.4, -0.2) is 79.7 Å². The summed E-state index contributed by atoms with van der Waals surface area (Å²) in [5.41, 5.74) is 1.91. The minimum atomic E-state index is -1.61. The lowest BCUT2D eigenvalue weighted by Crippen LogP contribution is -2.59. The number of phenols is 3. The van der Waals surface area contributed by atoms with Crippen LogP contribution in [0.3, 0.4) is 0 Å². The molecule has 0 aliphatic carbocycles. The Balaban J connectivity index is 1.72. The van der Waals surface area contributed by atoms with E-state index in [1.54, 1.807) is 19.1 Å². The molecule has 10 heteroatoms. The van der Waals surface area contributed by atoms with Crippen molar-refractivity contribution in [3.63, 3.8) is 0 Å². The van der Waals surface area contributed by atoms with Gasteiger partial charge in [0, 0.05) is 23.3 Å². The molecule has 0 bridgehead atoms. The Morgan fingerprint density at radius 1 is 0.971 bits per heavy atom. The number of rotatable bonds is 5. The van der Waals surface area contributed by atoms with Crippen LogP contribution in [-0.2, 0) is 9.47 Å². The van der Waals surface area contributed by atoms with Gasteiger partial charge in [-0.2, -0.15) is 0 Å². The maximum absolute atomic E-state index is 10.4. The largest absolute Gasteiger partial charge is 0.508 e. The van der Waals surface area contributed by atoms with Gasteiger partial charge in [-0.15, -0.1) is 0 Å². The second-order valence-electron chi connectivity index (χ2n) is 8.24. The van der Waals surface area contributed by atoms with Crippen molar-refractivity contribution in [1.82, 2.24) is 0 Å². The van der Waals surface area contributed by atoms with Gasteiger partial charge in [0.15, 0.2) is 6.29 Å². The number of aryl methyl sites for hydroxylation is 1. The summed E-state index contributed by atoms with van der Waals surface area (Å²) in [7, 11) is 0. The number of ether oxygens (including phenoxy) is 3. The molecule has 0 amide bonds. The maximum atomic E-state index is 10.4. The number of benzene rings is 2. The van der Waals surface area contributed by atoms with Crippen molar-refractivity contribution in [2.24, 2.45) is 0 Å². The quantitative estimate of drug-likeness (QED) is 0.328. The summed E-state index contributed by atoms with van der Waals surface area (Å²) in [6.07, 6.45) is -7.31. The first-order valence-corrected chi connectivity index (χ1v) is 10.5. The van der Waals surface area contributed by atoms with Gasteiger partial charge in [-0.1, -0.05) is 18.7 Å². The Morgan fingerprint density at radius 2 is 1.71 bits per heavy atom. The van der Waals surface area contributed by atoms with E-state index in [0.717, 1.165) is 6.07 Å². The molecule has 5 unspecified atom stereocenters. The van der Waals surface area contributed by atoms with Gasteiger partial charge in [0.05, 0.1) is 18.8 Å². The summed E-state index contributed by atoms with van der Waals surface area (Å²) in [6.45, 7) is 4.86. The van der Waals surface area contributed by atoms with Crippen molar-refractivity contribution in [3.8, 4) is 23.0 Å². The first kappa shape index (κ1) is 24.0. The van der Waals surface area contributed by atoms with E-state index in [-0.39, 0.29) is 40.9 Å². The van der Waals surface area contributed by atoms with Crippen LogP contribution < -0.4 is 4.74 Å². The standard InChI is InChI=1S/C24H26O10/c1-10-3-4-12(5-15(10)27)23-14(11(2)19-16(28)6-13(26)7-17(19)33-23)9-32-24-22(31)21(30)20(29)18(8-25)34-24/h3-7,18,20-22,24-31H,2,8-9H2,1H3. The Hall–Kier alpha value is -3.12. The molecule has 0 saturated carbocycles. The van der Waals surface area contributed by atoms with Crippen molar-refractivity contribution >= 4 is 11.3 Å². The predicted molar refractivity (Wildman–Crippen MR) is 119 cm³/mol. The summed E-state index contributed by atoms with van der Waals surface area (Å²) in [5, 5.41) is 70.2. The van der Waals surface area contributed by atoms with E-state index < -0.39 is 37.3 Å². The highest BCUT2D eigenvalue weighted by atomic mass is 16.7. The average Bonchev–Trinajstić information content (AvgIpc) is 2.79. The van der Waals surface area contributed by atoms with Gasteiger partial charge in [0.25, 0.3) is 0 Å². The molecule has 0 spiro atoms. The minimum Gasteiger partial charge on any atom is -0.508 e. The van der Waals surface area contributed by atoms with Crippen LogP contribution in [0.4, 0.5) is 0 Å². The zero-order valence-corrected chi connectivity index (χ0v) is 18.3. The van der Waals surface area contributed by atoms with Crippen LogP contribution in [0.15, 0.2) is 42.5 Å². The number of aromatic hydroxyl groups is 3. The number of aliphatic hydroxyl groups is 4. The topological polar surface area (TPSA) is 169 Å². The molecular formula is C24H26O10. The molecule has 2 aromatic rings. The first-order valence-electron chi connectivity index (χ1n) is 10.5. The zero-order valence-electron chi connectivity index (χ0n) is 18.3. The molecule has 34 heavy (non-hydrogen) atoms. The van der Waals surface area contributed by atoms with E-state index in [1.807, 2.05) is 0 Å². The third-order valence-electron chi connectivity index (χ3n) is 5.93. The van der Waals surface area contributed by atoms with Crippen LogP contribution in [0.1, 0.15) is 16.7 Å². The lowest BCUT2D eigenvalue weighted by molar-refractivity contribution is -0.298. The maximum Gasteiger partial charge on any atom is 0.187 e. The Kier molecular flexibility index (Phi) is 6.54. The van der Waals surface area contributed by atoms with Crippen molar-refractivity contribution in [2.45, 2.75) is 37.6 Å². The molecule has 0 aromatic heterocycles. The molecule has 4 rings (SSSR count). The minimum absolute atomic E-state index is 0.0120. The van der Waals surface area contributed by atoms with Gasteiger partial charge in [0.1, 0.15) is 53.2 Å². The van der Waals surface area contributed by atoms with Gasteiger partial charge in [-0.25, -0.2) is 0 Å². The van der Waals surface area contributed by atoms with Crippen LogP contribution >= 0.6 is 0 Å². The Labute approximate surface area is 194 Å². The van der Waals surface area contributed by atoms with E-state index in [2.05, 4.69) is 6.58 Å². The summed E-state index contributed by atoms with van der Waals surface area (Å²) in [5.74, 6) is -0.151. The van der Waals surface area contributed by atoms with Crippen molar-refractivity contribution < 1.29 is 50.0 Å². The molecule has 2 heterocycles. The normalized spacial score (nSPS) is 26.9. The molecule has 10 nitrogen and oxygen atoms in total. The van der Waals surface area contributed by atoms with E-state index in [4.69, 9.17) is 14.2 Å². The second kappa shape index (κ2) is 9.26. The molecule has 2 aliphatic heterocycles. The molecule has 1 fully saturated rings. The molecule has 2 aromatic carbocycles. The summed E-state index contributed by atoms with van der Waals surface area (Å²) in [6, 6.07) is 7.28. The number of hydrogen-bond donors (Lipinski definition) is 7. The molecule has 5 atom stereocenters. The third kappa shape index (κ3) is 4.23. The van der Waals surface area contributed by atoms with E-state index in [1.165, 1.54) is 12.1 Å². The highest BCUT2D eigenvalue weighted by molar-refractivity contribution is 5.94. The molecule has 7 N–H and O–H groups in total. The van der Waals surface area contributed by atoms with Crippen LogP contribution in [0.2, 0.25) is 0 Å². The summed E-state index contributed by atoms with van der Waals surface area (Å²) < 4.78 is 17.1. The van der Waals surface area contributed by atoms with E-state index in [0.29, 0.717) is 22.3 Å². The fourth-order valence-corrected chi connectivity index (χ4v) is 3.94. The number of phenolic OH excluding ortho intramolecular Hbond substituents is 3. The van der Waals surface area contributed by atoms with Crippen molar-refractivity contribution in [3.05, 3.63) is 59.2 Å². The monoisotopic (exact) mass is 474 g/mol. The van der Waals surface area contributed by atoms with Gasteiger partial charge >= 0.3 is 0 Å². The molecule has 2 aliphatic rings. The molecule has 0 radical (unpaired) electrons. The number of fused-ring (bicyclic) bond motifs is 1. The van der Waals surface area contributed by atoms with Crippen LogP contribution in [0, 0.1) is 6.92 Å². The third-order valence-corrected chi connectivity index (χ3v) is 5.93. The van der Waals surface area contributed by atoms with Crippen LogP contribution in [0.5, 0.6) is 23.0 Å². The van der Waals surface area contributed by atoms with Crippen molar-refractivity contribution in [2.75, 3.05) is 13.2 Å². The van der Waals surface area contributed by atoms with E-state index >= 15 is 0 Å². The SMILES string of the molecule is C=C1C(COC2OC(CO)C(O)C(O)C2O)=C(c2ccc(C)c(O)c2)Oc2cc(O)cc(O)c21. The highest BCUT2D eigenvalue weighted by Crippen LogP contribution is 2.47. The van der Waals surface area contributed by atoms with Gasteiger partial charge < -0.3 is 50.0 Å². The van der Waals surface area contributed by atoms with Gasteiger partial charge in [-0.3, -0.25) is 0 Å². The Bertz CT molecular complexity index is 1140. The van der Waals surface area contributed by atoms with Gasteiger partial charge in [-0.05, 0) is 24.1 Å². The summed E-state index contributed by atoms with van der Waals surface area (Å²) in [4.78, 5) is 0. The first-order chi connectivity index (χ1) is 16.1. The van der Waals surface area contributed by atoms with Crippen molar-refractivity contribution in [1.29, 1.82) is 0 Å². The lowest BCUT2D eigenvalue weighted by Gasteiger charge is -2.39. The fourth-order valence-electron chi connectivity index (χ4n) is 3.94. The second-order valence-corrected chi connectivity index (χ2v) is 8.24. The Morgan fingerprint density at radius 3 is 2.38 bits per heavy atom. The van der Waals surface area contributed by atoms with Gasteiger partial charge in [0.2, 0.25) is 0 Å². The number of hydrogen-bond acceptors (Lipinski definition) is 10. The zero-order chi connectivity index (χ0) is 24.7. The highest BCUT2D eigenvalue weighted by Gasteiger charge is 2.44. The number of aliphatic hydroxyl groups excluding tert-OH is 4. The molecule has 1 saturated heterocycles. The van der Waals surface area contributed by atoms with E-state index in [9.17, 15) is 35.7 Å². The fraction of sp³-hybridized carbons (Fsp3) is 0.333. The summed E-state index contributed by atoms with van der Waals surface area (Å²) >= 11 is 0. The smallest absolute Gasteiger partial charge is 0.187 e. The van der Waals surface area contributed by atoms with Crippen LogP contribution in [0.25, 0.3) is 11.3 Å². The average molecular weight is 474 g/mol. The predicted octanol–water partition coefficient (Wildman–Crippen LogP) is 0.745. The molecular weight excluding hydrogens is 448 g/mol. The molecule has 182 valence electrons. The lowest BCUT2D eigenvalue weighted by atomic mass is 9.92.